The van der Waals surface area contributed by atoms with Crippen molar-refractivity contribution in [1.29, 1.82) is 0 Å². The van der Waals surface area contributed by atoms with Crippen LogP contribution in [-0.4, -0.2) is 40.7 Å². The highest BCUT2D eigenvalue weighted by Gasteiger charge is 2.19. The Labute approximate surface area is 237 Å². The first-order valence-corrected chi connectivity index (χ1v) is 14.1. The second-order valence-corrected chi connectivity index (χ2v) is 10.9. The molecule has 5 rings (SSSR count). The van der Waals surface area contributed by atoms with Crippen LogP contribution in [0.2, 0.25) is 0 Å². The van der Waals surface area contributed by atoms with Crippen molar-refractivity contribution >= 4 is 33.2 Å². The zero-order valence-electron chi connectivity index (χ0n) is 22.5. The number of hydrogen-bond acceptors (Lipinski definition) is 8. The van der Waals surface area contributed by atoms with Gasteiger partial charge in [0.15, 0.2) is 11.6 Å². The van der Waals surface area contributed by atoms with Gasteiger partial charge in [-0.05, 0) is 61.9 Å². The van der Waals surface area contributed by atoms with Crippen LogP contribution in [0.25, 0.3) is 16.9 Å². The van der Waals surface area contributed by atoms with Crippen molar-refractivity contribution < 1.29 is 12.8 Å². The molecule has 208 valence electrons. The Morgan fingerprint density at radius 1 is 1.00 bits per heavy atom. The number of benzene rings is 3. The molecule has 12 heteroatoms. The van der Waals surface area contributed by atoms with E-state index in [9.17, 15) is 12.8 Å². The molecular weight excluding hydrogens is 543 g/mol. The molecule has 0 radical (unpaired) electrons. The van der Waals surface area contributed by atoms with Crippen molar-refractivity contribution in [2.24, 2.45) is 5.10 Å². The van der Waals surface area contributed by atoms with Gasteiger partial charge in [0, 0.05) is 18.1 Å². The molecule has 0 bridgehead atoms. The lowest BCUT2D eigenvalue weighted by Gasteiger charge is -2.17. The lowest BCUT2D eigenvalue weighted by molar-refractivity contribution is 0.588. The molecule has 0 saturated heterocycles. The summed E-state index contributed by atoms with van der Waals surface area (Å²) in [4.78, 5) is 13.8. The average molecular weight is 571 g/mol. The highest BCUT2D eigenvalue weighted by molar-refractivity contribution is 7.89. The van der Waals surface area contributed by atoms with E-state index in [0.717, 1.165) is 11.1 Å². The third kappa shape index (κ3) is 6.13. The van der Waals surface area contributed by atoms with Gasteiger partial charge in [0.25, 0.3) is 0 Å². The van der Waals surface area contributed by atoms with E-state index < -0.39 is 10.0 Å². The maximum atomic E-state index is 14.0. The highest BCUT2D eigenvalue weighted by Crippen LogP contribution is 2.34. The summed E-state index contributed by atoms with van der Waals surface area (Å²) >= 11 is 0. The topological polar surface area (TPSA) is 126 Å². The number of hydrogen-bond donors (Lipinski definition) is 3. The van der Waals surface area contributed by atoms with Gasteiger partial charge < -0.3 is 5.32 Å². The molecule has 0 fully saturated rings. The van der Waals surface area contributed by atoms with Gasteiger partial charge in [0.1, 0.15) is 12.1 Å². The van der Waals surface area contributed by atoms with Gasteiger partial charge in [0.2, 0.25) is 16.0 Å². The predicted octanol–water partition coefficient (Wildman–Crippen LogP) is 5.26. The van der Waals surface area contributed by atoms with Crippen LogP contribution >= 0.6 is 0 Å². The Morgan fingerprint density at radius 2 is 1.76 bits per heavy atom. The van der Waals surface area contributed by atoms with E-state index in [1.807, 2.05) is 37.3 Å². The van der Waals surface area contributed by atoms with Crippen LogP contribution in [0.15, 0.2) is 102 Å². The molecule has 2 aromatic heterocycles. The van der Waals surface area contributed by atoms with Gasteiger partial charge in [-0.2, -0.15) is 15.1 Å². The van der Waals surface area contributed by atoms with Crippen LogP contribution in [0, 0.1) is 12.7 Å². The molecule has 41 heavy (non-hydrogen) atoms. The van der Waals surface area contributed by atoms with E-state index >= 15 is 0 Å². The summed E-state index contributed by atoms with van der Waals surface area (Å²) in [5, 5.41) is 7.70. The lowest BCUT2D eigenvalue weighted by atomic mass is 10.1. The van der Waals surface area contributed by atoms with Crippen LogP contribution in [0.5, 0.6) is 0 Å². The summed E-state index contributed by atoms with van der Waals surface area (Å²) in [7, 11) is -2.19. The number of aromatic nitrogens is 4. The maximum absolute atomic E-state index is 14.0. The molecule has 0 aliphatic heterocycles. The first-order chi connectivity index (χ1) is 19.7. The Balaban J connectivity index is 1.60. The first kappa shape index (κ1) is 27.6. The third-order valence-corrected chi connectivity index (χ3v) is 7.76. The van der Waals surface area contributed by atoms with Gasteiger partial charge in [0.05, 0.1) is 16.2 Å². The normalized spacial score (nSPS) is 11.9. The van der Waals surface area contributed by atoms with Gasteiger partial charge in [-0.15, -0.1) is 0 Å². The molecule has 5 aromatic rings. The largest absolute Gasteiger partial charge is 0.324 e. The average Bonchev–Trinajstić information content (AvgIpc) is 3.53. The summed E-state index contributed by atoms with van der Waals surface area (Å²) in [6.07, 6.45) is 5.05. The molecule has 10 nitrogen and oxygen atoms in total. The summed E-state index contributed by atoms with van der Waals surface area (Å²) in [6, 6.07) is 20.4. The summed E-state index contributed by atoms with van der Waals surface area (Å²) in [5.41, 5.74) is 7.23. The zero-order valence-corrected chi connectivity index (χ0v) is 23.3. The fraction of sp³-hybridized carbons (Fsp3) is 0.103. The zero-order chi connectivity index (χ0) is 29.0. The van der Waals surface area contributed by atoms with Crippen LogP contribution in [0.1, 0.15) is 18.1 Å². The fourth-order valence-electron chi connectivity index (χ4n) is 4.07. The number of nitrogens with zero attached hydrogens (tertiary/aromatic N) is 5. The fourth-order valence-corrected chi connectivity index (χ4v) is 4.80. The van der Waals surface area contributed by atoms with E-state index in [1.165, 1.54) is 31.3 Å². The van der Waals surface area contributed by atoms with Crippen molar-refractivity contribution in [2.45, 2.75) is 18.7 Å². The Hall–Kier alpha value is -4.94. The molecule has 0 amide bonds. The molecule has 0 unspecified atom stereocenters. The number of nitrogens with one attached hydrogen (secondary N) is 3. The molecule has 0 spiro atoms. The minimum atomic E-state index is -3.56. The van der Waals surface area contributed by atoms with E-state index in [0.29, 0.717) is 34.2 Å². The lowest BCUT2D eigenvalue weighted by Crippen LogP contribution is -2.18. The molecule has 0 atom stereocenters. The number of aryl methyl sites for hydroxylation is 1. The molecular formula is C29H27FN8O2S. The number of imidazole rings is 1. The minimum Gasteiger partial charge on any atom is -0.324 e. The van der Waals surface area contributed by atoms with Gasteiger partial charge >= 0.3 is 0 Å². The van der Waals surface area contributed by atoms with Crippen molar-refractivity contribution in [3.8, 4) is 16.9 Å². The summed E-state index contributed by atoms with van der Waals surface area (Å²) in [6.45, 7) is 3.65. The van der Waals surface area contributed by atoms with E-state index in [1.54, 1.807) is 48.4 Å². The van der Waals surface area contributed by atoms with Crippen molar-refractivity contribution in [3.63, 3.8) is 0 Å². The molecule has 3 N–H and O–H groups in total. The van der Waals surface area contributed by atoms with Gasteiger partial charge in [-0.25, -0.2) is 22.5 Å². The van der Waals surface area contributed by atoms with Crippen molar-refractivity contribution in [1.82, 2.24) is 24.2 Å². The minimum absolute atomic E-state index is 0.153. The third-order valence-electron chi connectivity index (χ3n) is 6.33. The first-order valence-electron chi connectivity index (χ1n) is 12.6. The van der Waals surface area contributed by atoms with Crippen molar-refractivity contribution in [3.05, 3.63) is 108 Å². The van der Waals surface area contributed by atoms with E-state index in [-0.39, 0.29) is 16.7 Å². The van der Waals surface area contributed by atoms with Crippen LogP contribution in [0.3, 0.4) is 0 Å². The monoisotopic (exact) mass is 570 g/mol. The molecule has 0 aliphatic carbocycles. The second kappa shape index (κ2) is 11.7. The number of hydrazone groups is 1. The molecule has 3 aromatic carbocycles. The van der Waals surface area contributed by atoms with Crippen LogP contribution < -0.4 is 15.5 Å². The van der Waals surface area contributed by atoms with E-state index in [4.69, 9.17) is 9.97 Å². The molecule has 0 saturated carbocycles. The number of anilines is 3. The van der Waals surface area contributed by atoms with Crippen LogP contribution in [-0.2, 0) is 10.0 Å². The highest BCUT2D eigenvalue weighted by atomic mass is 32.2. The second-order valence-electron chi connectivity index (χ2n) is 9.06. The van der Waals surface area contributed by atoms with Gasteiger partial charge in [-0.1, -0.05) is 48.5 Å². The SMILES string of the molecule is CNS(=O)(=O)c1ccc(C(C)=NNc2nc(Nc3cc(F)ccc3C)nc(-n3ccnc3)c2-c2ccccc2)cc1. The summed E-state index contributed by atoms with van der Waals surface area (Å²) < 4.78 is 42.3. The van der Waals surface area contributed by atoms with E-state index in [2.05, 4.69) is 25.6 Å². The smallest absolute Gasteiger partial charge is 0.240 e. The quantitative estimate of drug-likeness (QED) is 0.163. The number of halogens is 1. The Bertz CT molecular complexity index is 1810. The Morgan fingerprint density at radius 3 is 2.44 bits per heavy atom. The molecule has 2 heterocycles. The number of sulfonamides is 1. The molecule has 0 aliphatic rings. The standard InChI is InChI=1S/C29H27FN8O2S/c1-19-9-12-23(30)17-25(19)33-29-34-27(37-36-20(2)21-10-13-24(14-11-21)41(39,40)31-3)26(22-7-5-4-6-8-22)28(35-29)38-16-15-32-18-38/h4-18,31H,1-3H3,(H2,33,34,35,37). The van der Waals surface area contributed by atoms with Crippen molar-refractivity contribution in [2.75, 3.05) is 17.8 Å². The van der Waals surface area contributed by atoms with Gasteiger partial charge in [-0.3, -0.25) is 9.99 Å². The maximum Gasteiger partial charge on any atom is 0.240 e. The van der Waals surface area contributed by atoms with Crippen LogP contribution in [0.4, 0.5) is 21.8 Å². The summed E-state index contributed by atoms with van der Waals surface area (Å²) in [5.74, 6) is 0.748. The number of rotatable bonds is 9. The predicted molar refractivity (Wildman–Crippen MR) is 158 cm³/mol. The Kier molecular flexibility index (Phi) is 7.86.